The number of aliphatic hydroxyl groups excluding tert-OH is 1. The molecule has 0 spiro atoms. The molecule has 0 aromatic carbocycles. The lowest BCUT2D eigenvalue weighted by atomic mass is 9.44. The summed E-state index contributed by atoms with van der Waals surface area (Å²) in [6.07, 6.45) is 0.0238. The van der Waals surface area contributed by atoms with Crippen LogP contribution in [0.5, 0.6) is 0 Å². The minimum atomic E-state index is -2.34. The predicted octanol–water partition coefficient (Wildman–Crippen LogP) is 5.45. The highest BCUT2D eigenvalue weighted by Gasteiger charge is 2.80. The highest BCUT2D eigenvalue weighted by Crippen LogP contribution is 2.73. The van der Waals surface area contributed by atoms with E-state index in [-0.39, 0.29) is 30.6 Å². The Morgan fingerprint density at radius 1 is 1.23 bits per heavy atom. The highest BCUT2D eigenvalue weighted by molar-refractivity contribution is 8.14. The molecule has 0 amide bonds. The largest absolute Gasteiger partial charge is 0.449 e. The Morgan fingerprint density at radius 2 is 1.85 bits per heavy atom. The van der Waals surface area contributed by atoms with E-state index in [9.17, 15) is 24.8 Å². The van der Waals surface area contributed by atoms with Gasteiger partial charge < -0.3 is 9.84 Å². The number of alkyl halides is 4. The standard InChI is InChI=1S/C29H33Cl2F2NO5S/c1-14-10-16-17-12-19(32)18-11-15(35)6-7-25(18,4)27(17,33)20(36)13-26(16,5)28(14,23(38)40-9-8-34)39-22(37)21-24(2,3)29(21,30)31/h6-7,11,14,16-17,19-21,36H,9-10,12-13H2,1-5H3/t14-,16+,17+,19+,20-,21?,25+,26+,27+,28-/m1/s1. The topological polar surface area (TPSA) is 104 Å². The number of hydrogen-bond donors (Lipinski definition) is 1. The Labute approximate surface area is 246 Å². The second-order valence-electron chi connectivity index (χ2n) is 13.2. The van der Waals surface area contributed by atoms with Crippen LogP contribution in [0.25, 0.3) is 0 Å². The van der Waals surface area contributed by atoms with Crippen LogP contribution < -0.4 is 0 Å². The first kappa shape index (κ1) is 30.0. The number of ketones is 1. The average molecular weight is 617 g/mol. The van der Waals surface area contributed by atoms with Gasteiger partial charge in [0.05, 0.1) is 23.8 Å². The molecule has 0 bridgehead atoms. The first-order chi connectivity index (χ1) is 18.4. The Morgan fingerprint density at radius 3 is 2.42 bits per heavy atom. The maximum absolute atomic E-state index is 17.5. The molecule has 1 N–H and O–H groups in total. The van der Waals surface area contributed by atoms with E-state index in [1.54, 1.807) is 27.7 Å². The first-order valence-corrected chi connectivity index (χ1v) is 15.2. The van der Waals surface area contributed by atoms with Crippen LogP contribution in [0.2, 0.25) is 0 Å². The molecule has 218 valence electrons. The zero-order valence-electron chi connectivity index (χ0n) is 23.0. The van der Waals surface area contributed by atoms with Crippen LogP contribution in [0.15, 0.2) is 23.8 Å². The van der Waals surface area contributed by atoms with Gasteiger partial charge in [-0.25, -0.2) is 8.78 Å². The molecule has 5 aliphatic rings. The van der Waals surface area contributed by atoms with Gasteiger partial charge in [-0.1, -0.05) is 45.5 Å². The van der Waals surface area contributed by atoms with Crippen molar-refractivity contribution >= 4 is 51.8 Å². The summed E-state index contributed by atoms with van der Waals surface area (Å²) in [5.74, 6) is -4.71. The first-order valence-electron chi connectivity index (χ1n) is 13.5. The van der Waals surface area contributed by atoms with E-state index >= 15 is 8.78 Å². The number of nitriles is 1. The third kappa shape index (κ3) is 3.46. The summed E-state index contributed by atoms with van der Waals surface area (Å²) in [6.45, 7) is 8.33. The van der Waals surface area contributed by atoms with Crippen LogP contribution in [0, 0.1) is 51.2 Å². The maximum atomic E-state index is 17.5. The van der Waals surface area contributed by atoms with Gasteiger partial charge >= 0.3 is 5.97 Å². The number of fused-ring (bicyclic) bond motifs is 5. The molecule has 10 atom stereocenters. The predicted molar refractivity (Wildman–Crippen MR) is 147 cm³/mol. The van der Waals surface area contributed by atoms with Crippen LogP contribution in [-0.4, -0.2) is 55.6 Å². The third-order valence-electron chi connectivity index (χ3n) is 11.1. The molecule has 0 radical (unpaired) electrons. The molecule has 5 aliphatic carbocycles. The minimum Gasteiger partial charge on any atom is -0.449 e. The van der Waals surface area contributed by atoms with E-state index in [0.717, 1.165) is 6.08 Å². The molecule has 0 saturated heterocycles. The zero-order chi connectivity index (χ0) is 29.8. The number of carbonyl (C=O) groups excluding carboxylic acids is 3. The number of carbonyl (C=O) groups is 3. The van der Waals surface area contributed by atoms with E-state index in [0.29, 0.717) is 11.8 Å². The van der Waals surface area contributed by atoms with Gasteiger partial charge in [-0.2, -0.15) is 5.26 Å². The smallest absolute Gasteiger partial charge is 0.313 e. The summed E-state index contributed by atoms with van der Waals surface area (Å²) in [6, 6.07) is 1.92. The van der Waals surface area contributed by atoms with Crippen molar-refractivity contribution in [3.63, 3.8) is 0 Å². The van der Waals surface area contributed by atoms with Crippen molar-refractivity contribution in [3.8, 4) is 6.07 Å². The van der Waals surface area contributed by atoms with Crippen molar-refractivity contribution in [1.29, 1.82) is 5.26 Å². The number of halogens is 4. The van der Waals surface area contributed by atoms with Crippen molar-refractivity contribution in [1.82, 2.24) is 0 Å². The zero-order valence-corrected chi connectivity index (χ0v) is 25.3. The number of aliphatic hydroxyl groups is 1. The summed E-state index contributed by atoms with van der Waals surface area (Å²) in [5.41, 5.74) is -7.89. The summed E-state index contributed by atoms with van der Waals surface area (Å²) in [5, 5.41) is 20.3. The average Bonchev–Trinajstić information content (AvgIpc) is 3.17. The fourth-order valence-electron chi connectivity index (χ4n) is 8.74. The van der Waals surface area contributed by atoms with Gasteiger partial charge in [-0.15, -0.1) is 23.2 Å². The third-order valence-corrected chi connectivity index (χ3v) is 13.3. The fourth-order valence-corrected chi connectivity index (χ4v) is 10.5. The molecule has 11 heteroatoms. The van der Waals surface area contributed by atoms with E-state index in [1.165, 1.54) is 19.1 Å². The Balaban J connectivity index is 1.62. The van der Waals surface area contributed by atoms with Gasteiger partial charge in [0.1, 0.15) is 10.5 Å². The van der Waals surface area contributed by atoms with Gasteiger partial charge in [0, 0.05) is 28.1 Å². The Hall–Kier alpha value is -1.47. The van der Waals surface area contributed by atoms with Gasteiger partial charge in [0.25, 0.3) is 0 Å². The Kier molecular flexibility index (Phi) is 6.76. The van der Waals surface area contributed by atoms with E-state index < -0.39 is 84.7 Å². The number of allylic oxidation sites excluding steroid dienone is 4. The number of nitrogens with zero attached hydrogens (tertiary/aromatic N) is 1. The molecule has 4 fully saturated rings. The molecule has 4 saturated carbocycles. The normalized spacial score (nSPS) is 47.7. The monoisotopic (exact) mass is 615 g/mol. The molecule has 0 aromatic rings. The van der Waals surface area contributed by atoms with Crippen molar-refractivity contribution in [2.75, 3.05) is 5.75 Å². The molecule has 5 rings (SSSR count). The molecular formula is C29H33Cl2F2NO5S. The van der Waals surface area contributed by atoms with Crippen LogP contribution in [0.3, 0.4) is 0 Å². The van der Waals surface area contributed by atoms with Gasteiger partial charge in [-0.05, 0) is 49.8 Å². The number of hydrogen-bond acceptors (Lipinski definition) is 7. The molecule has 0 heterocycles. The number of ether oxygens (including phenoxy) is 1. The Bertz CT molecular complexity index is 1280. The lowest BCUT2D eigenvalue weighted by Gasteiger charge is -2.63. The lowest BCUT2D eigenvalue weighted by molar-refractivity contribution is -0.229. The van der Waals surface area contributed by atoms with E-state index in [2.05, 4.69) is 0 Å². The van der Waals surface area contributed by atoms with Crippen LogP contribution in [0.1, 0.15) is 53.9 Å². The van der Waals surface area contributed by atoms with Gasteiger partial charge in [0.15, 0.2) is 17.1 Å². The summed E-state index contributed by atoms with van der Waals surface area (Å²) < 4.78 is 38.1. The minimum absolute atomic E-state index is 0.00215. The van der Waals surface area contributed by atoms with Crippen LogP contribution in [-0.2, 0) is 19.1 Å². The molecule has 0 aliphatic heterocycles. The quantitative estimate of drug-likeness (QED) is 0.331. The molecule has 40 heavy (non-hydrogen) atoms. The van der Waals surface area contributed by atoms with Crippen molar-refractivity contribution < 1.29 is 33.0 Å². The molecule has 1 unspecified atom stereocenters. The molecular weight excluding hydrogens is 583 g/mol. The second kappa shape index (κ2) is 9.02. The summed E-state index contributed by atoms with van der Waals surface area (Å²) in [7, 11) is 0. The van der Waals surface area contributed by atoms with E-state index in [4.69, 9.17) is 27.9 Å². The molecule has 6 nitrogen and oxygen atoms in total. The highest BCUT2D eigenvalue weighted by atomic mass is 35.5. The summed E-state index contributed by atoms with van der Waals surface area (Å²) in [4.78, 5) is 39.7. The van der Waals surface area contributed by atoms with Crippen molar-refractivity contribution in [2.24, 2.45) is 39.9 Å². The lowest BCUT2D eigenvalue weighted by Crippen LogP contribution is -2.70. The summed E-state index contributed by atoms with van der Waals surface area (Å²) >= 11 is 13.5. The molecule has 0 aromatic heterocycles. The van der Waals surface area contributed by atoms with Gasteiger partial charge in [0.2, 0.25) is 5.12 Å². The fraction of sp³-hybridized carbons (Fsp3) is 0.724. The number of thioether (sulfide) groups is 1. The number of esters is 1. The van der Waals surface area contributed by atoms with Crippen molar-refractivity contribution in [2.45, 2.75) is 81.8 Å². The van der Waals surface area contributed by atoms with Gasteiger partial charge in [-0.3, -0.25) is 14.4 Å². The number of rotatable bonds is 4. The van der Waals surface area contributed by atoms with Crippen LogP contribution in [0.4, 0.5) is 8.78 Å². The van der Waals surface area contributed by atoms with Crippen LogP contribution >= 0.6 is 35.0 Å². The second-order valence-corrected chi connectivity index (χ2v) is 15.5. The SMILES string of the molecule is C[C@@H]1C[C@H]2[C@@H]3C[C@H](F)C4=CC(=O)C=C[C@]4(C)[C@@]3(F)[C@H](O)C[C@]2(C)[C@]1(OC(=O)C1C(C)(C)C1(Cl)Cl)C(=O)SCC#N. The van der Waals surface area contributed by atoms with E-state index in [1.807, 2.05) is 6.07 Å². The maximum Gasteiger partial charge on any atom is 0.313 e. The van der Waals surface area contributed by atoms with Crippen molar-refractivity contribution in [3.05, 3.63) is 23.8 Å².